The lowest BCUT2D eigenvalue weighted by Gasteiger charge is -2.18. The molecule has 0 bridgehead atoms. The Morgan fingerprint density at radius 1 is 1.30 bits per heavy atom. The number of aromatic nitrogens is 3. The molecule has 0 radical (unpaired) electrons. The zero-order chi connectivity index (χ0) is 24.4. The van der Waals surface area contributed by atoms with E-state index >= 15 is 0 Å². The monoisotopic (exact) mass is 483 g/mol. The van der Waals surface area contributed by atoms with Crippen LogP contribution in [0.25, 0.3) is 0 Å². The van der Waals surface area contributed by atoms with Gasteiger partial charge in [-0.3, -0.25) is 13.9 Å². The summed E-state index contributed by atoms with van der Waals surface area (Å²) in [6.45, 7) is 3.94. The largest absolute Gasteiger partial charge is 0.469 e. The Hall–Kier alpha value is -2.79. The highest BCUT2D eigenvalue weighted by Gasteiger charge is 2.30. The Labute approximate surface area is 191 Å². The predicted molar refractivity (Wildman–Crippen MR) is 120 cm³/mol. The number of carbonyl (C=O) groups excluding carboxylic acids is 1. The summed E-state index contributed by atoms with van der Waals surface area (Å²) in [4.78, 5) is 29.5. The summed E-state index contributed by atoms with van der Waals surface area (Å²) in [5.41, 5.74) is 10.4. The first-order chi connectivity index (χ1) is 15.6. The molecule has 1 fully saturated rings. The van der Waals surface area contributed by atoms with E-state index in [0.717, 1.165) is 0 Å². The lowest BCUT2D eigenvalue weighted by Crippen LogP contribution is -2.29. The van der Waals surface area contributed by atoms with Crippen molar-refractivity contribution in [2.45, 2.75) is 45.4 Å². The van der Waals surface area contributed by atoms with Crippen molar-refractivity contribution in [1.29, 1.82) is 0 Å². The van der Waals surface area contributed by atoms with Gasteiger partial charge in [0.1, 0.15) is 18.3 Å². The molecular formula is C20H30N5O7P. The second kappa shape index (κ2) is 12.4. The summed E-state index contributed by atoms with van der Waals surface area (Å²) in [5.74, 6) is 0.535. The van der Waals surface area contributed by atoms with E-state index in [2.05, 4.69) is 14.7 Å². The van der Waals surface area contributed by atoms with E-state index in [9.17, 15) is 14.2 Å². The number of rotatable bonds is 8. The lowest BCUT2D eigenvalue weighted by molar-refractivity contribution is -0.141. The first-order valence-electron chi connectivity index (χ1n) is 10.3. The van der Waals surface area contributed by atoms with Crippen molar-refractivity contribution >= 4 is 19.7 Å². The molecule has 0 amide bonds. The number of nitrogen functional groups attached to an aromatic ring is 1. The average molecular weight is 483 g/mol. The number of hydrogen-bond acceptors (Lipinski definition) is 10. The highest BCUT2D eigenvalue weighted by atomic mass is 31.2. The topological polar surface area (TPSA) is 171 Å². The molecule has 13 heteroatoms. The van der Waals surface area contributed by atoms with Crippen molar-refractivity contribution in [2.75, 3.05) is 19.5 Å². The van der Waals surface area contributed by atoms with Crippen LogP contribution in [0, 0.1) is 5.92 Å². The van der Waals surface area contributed by atoms with Crippen LogP contribution in [0.3, 0.4) is 0 Å². The van der Waals surface area contributed by atoms with E-state index in [1.165, 1.54) is 18.0 Å². The van der Waals surface area contributed by atoms with Gasteiger partial charge in [0.25, 0.3) is 0 Å². The van der Waals surface area contributed by atoms with E-state index in [0.29, 0.717) is 30.9 Å². The van der Waals surface area contributed by atoms with Crippen LogP contribution in [-0.2, 0) is 23.4 Å². The number of nitrogens with two attached hydrogens (primary N) is 2. The second-order valence-electron chi connectivity index (χ2n) is 7.61. The van der Waals surface area contributed by atoms with Crippen LogP contribution in [0.1, 0.15) is 39.3 Å². The van der Waals surface area contributed by atoms with Gasteiger partial charge in [-0.15, -0.1) is 0 Å². The van der Waals surface area contributed by atoms with Gasteiger partial charge >= 0.3 is 19.4 Å². The molecule has 1 unspecified atom stereocenters. The van der Waals surface area contributed by atoms with Gasteiger partial charge in [-0.05, 0) is 30.9 Å². The Bertz CT molecular complexity index is 1000. The first kappa shape index (κ1) is 26.5. The van der Waals surface area contributed by atoms with Crippen molar-refractivity contribution in [3.8, 4) is 5.75 Å². The molecule has 1 aliphatic heterocycles. The third-order valence-electron chi connectivity index (χ3n) is 4.36. The molecule has 0 aliphatic carbocycles. The maximum absolute atomic E-state index is 12.2. The summed E-state index contributed by atoms with van der Waals surface area (Å²) in [5, 5.41) is 0. The number of anilines is 1. The molecule has 3 atom stereocenters. The smallest absolute Gasteiger partial charge is 0.456 e. The molecule has 182 valence electrons. The van der Waals surface area contributed by atoms with Gasteiger partial charge in [0.15, 0.2) is 0 Å². The summed E-state index contributed by atoms with van der Waals surface area (Å²) >= 11 is 0. The molecule has 1 saturated heterocycles. The number of ether oxygens (including phenoxy) is 2. The Balaban J connectivity index is 0.000000414. The third kappa shape index (κ3) is 9.30. The number of para-hydroxylation sites is 1. The Kier molecular flexibility index (Phi) is 9.98. The van der Waals surface area contributed by atoms with E-state index in [1.807, 2.05) is 13.8 Å². The highest BCUT2D eigenvalue weighted by Crippen LogP contribution is 2.41. The minimum atomic E-state index is -3.76. The van der Waals surface area contributed by atoms with Gasteiger partial charge < -0.3 is 19.7 Å². The van der Waals surface area contributed by atoms with E-state index in [-0.39, 0.29) is 24.6 Å². The minimum Gasteiger partial charge on any atom is -0.469 e. The highest BCUT2D eigenvalue weighted by molar-refractivity contribution is 7.51. The molecule has 4 N–H and O–H groups in total. The van der Waals surface area contributed by atoms with E-state index in [1.54, 1.807) is 30.3 Å². The molecule has 2 aromatic rings. The first-order valence-corrected chi connectivity index (χ1v) is 11.9. The van der Waals surface area contributed by atoms with Crippen molar-refractivity contribution in [3.05, 3.63) is 47.1 Å². The quantitative estimate of drug-likeness (QED) is 0.417. The van der Waals surface area contributed by atoms with Gasteiger partial charge in [-0.1, -0.05) is 32.0 Å². The van der Waals surface area contributed by atoms with Gasteiger partial charge in [0.05, 0.1) is 19.8 Å². The SMILES string of the molecule is COC(=O)CC(C)C.Nc1ncn([C@H]2CC[C@@H](COP(N)(=O)Oc3ccccc3)O2)c(=O)n1. The summed E-state index contributed by atoms with van der Waals surface area (Å²) in [7, 11) is -2.36. The van der Waals surface area contributed by atoms with Gasteiger partial charge in [-0.2, -0.15) is 4.98 Å². The van der Waals surface area contributed by atoms with E-state index in [4.69, 9.17) is 25.0 Å². The summed E-state index contributed by atoms with van der Waals surface area (Å²) < 4.78 is 33.9. The van der Waals surface area contributed by atoms with Crippen LogP contribution in [0.5, 0.6) is 5.75 Å². The molecule has 1 aromatic heterocycles. The van der Waals surface area contributed by atoms with Crippen molar-refractivity contribution in [2.24, 2.45) is 11.4 Å². The fraction of sp³-hybridized carbons (Fsp3) is 0.500. The molecule has 1 aliphatic rings. The maximum atomic E-state index is 12.2. The standard InChI is InChI=1S/C14H18N5O5P.C6H12O2/c15-13-17-9-19(14(20)18-13)12-7-6-11(23-12)8-22-25(16,21)24-10-4-2-1-3-5-10;1-5(2)4-6(7)8-3/h1-5,9,11-12H,6-8H2,(H2,16,21)(H2,15,18,20);5H,4H2,1-3H3/t11-,12+,25?;/m0./s1. The molecule has 12 nitrogen and oxygen atoms in total. The number of hydrogen-bond donors (Lipinski definition) is 2. The lowest BCUT2D eigenvalue weighted by atomic mass is 10.1. The number of nitrogens with zero attached hydrogens (tertiary/aromatic N) is 3. The van der Waals surface area contributed by atoms with Crippen molar-refractivity contribution in [1.82, 2.24) is 14.5 Å². The fourth-order valence-corrected chi connectivity index (χ4v) is 3.67. The average Bonchev–Trinajstić information content (AvgIpc) is 3.21. The molecular weight excluding hydrogens is 453 g/mol. The molecule has 33 heavy (non-hydrogen) atoms. The van der Waals surface area contributed by atoms with Crippen LogP contribution in [0.4, 0.5) is 5.95 Å². The van der Waals surface area contributed by atoms with Gasteiger partial charge in [0.2, 0.25) is 5.95 Å². The number of esters is 1. The molecule has 3 rings (SSSR count). The minimum absolute atomic E-state index is 0.0261. The van der Waals surface area contributed by atoms with Gasteiger partial charge in [-0.25, -0.2) is 19.8 Å². The van der Waals surface area contributed by atoms with Crippen LogP contribution in [0.2, 0.25) is 0 Å². The number of benzene rings is 1. The third-order valence-corrected chi connectivity index (χ3v) is 5.33. The fourth-order valence-electron chi connectivity index (χ4n) is 2.83. The Morgan fingerprint density at radius 2 is 2.00 bits per heavy atom. The van der Waals surface area contributed by atoms with Crippen molar-refractivity contribution < 1.29 is 27.9 Å². The number of methoxy groups -OCH3 is 1. The number of carbonyl (C=O) groups is 1. The van der Waals surface area contributed by atoms with Crippen molar-refractivity contribution in [3.63, 3.8) is 0 Å². The second-order valence-corrected chi connectivity index (χ2v) is 9.13. The van der Waals surface area contributed by atoms with Crippen LogP contribution in [-0.4, -0.2) is 40.3 Å². The zero-order valence-electron chi connectivity index (χ0n) is 18.8. The molecule has 0 spiro atoms. The van der Waals surface area contributed by atoms with Crippen LogP contribution < -0.4 is 21.5 Å². The molecule has 2 heterocycles. The maximum Gasteiger partial charge on any atom is 0.456 e. The predicted octanol–water partition coefficient (Wildman–Crippen LogP) is 2.27. The normalized spacial score (nSPS) is 19.3. The van der Waals surface area contributed by atoms with Crippen LogP contribution >= 0.6 is 7.75 Å². The van der Waals surface area contributed by atoms with Crippen LogP contribution in [0.15, 0.2) is 41.5 Å². The van der Waals surface area contributed by atoms with E-state index < -0.39 is 19.7 Å². The Morgan fingerprint density at radius 3 is 2.58 bits per heavy atom. The molecule has 1 aromatic carbocycles. The summed E-state index contributed by atoms with van der Waals surface area (Å²) in [6, 6.07) is 8.50. The van der Waals surface area contributed by atoms with Gasteiger partial charge in [0, 0.05) is 6.42 Å². The zero-order valence-corrected chi connectivity index (χ0v) is 19.7. The summed E-state index contributed by atoms with van der Waals surface area (Å²) in [6.07, 6.45) is 2.03. The molecule has 0 saturated carbocycles.